The van der Waals surface area contributed by atoms with E-state index in [1.165, 1.54) is 35.8 Å². The first-order valence-corrected chi connectivity index (χ1v) is 9.73. The van der Waals surface area contributed by atoms with Gasteiger partial charge in [-0.1, -0.05) is 12.1 Å². The fourth-order valence-corrected chi connectivity index (χ4v) is 3.99. The van der Waals surface area contributed by atoms with Crippen LogP contribution in [0.2, 0.25) is 0 Å². The molecule has 2 aromatic carbocycles. The van der Waals surface area contributed by atoms with Gasteiger partial charge in [0.15, 0.2) is 5.13 Å². The van der Waals surface area contributed by atoms with Gasteiger partial charge in [0.2, 0.25) is 5.91 Å². The Hall–Kier alpha value is -2.99. The second kappa shape index (κ2) is 7.32. The van der Waals surface area contributed by atoms with E-state index in [0.29, 0.717) is 16.4 Å². The number of thiazole rings is 1. The van der Waals surface area contributed by atoms with Crippen LogP contribution in [-0.4, -0.2) is 16.8 Å². The minimum absolute atomic E-state index is 0.144. The van der Waals surface area contributed by atoms with Crippen LogP contribution >= 0.6 is 11.3 Å². The molecule has 5 nitrogen and oxygen atoms in total. The van der Waals surface area contributed by atoms with Crippen LogP contribution in [0.3, 0.4) is 0 Å². The molecule has 0 saturated heterocycles. The van der Waals surface area contributed by atoms with Gasteiger partial charge in [0.1, 0.15) is 0 Å². The number of rotatable bonds is 4. The van der Waals surface area contributed by atoms with Crippen LogP contribution in [0.25, 0.3) is 11.3 Å². The van der Waals surface area contributed by atoms with Gasteiger partial charge in [0.25, 0.3) is 5.91 Å². The Bertz CT molecular complexity index is 1010. The van der Waals surface area contributed by atoms with Gasteiger partial charge in [0.05, 0.1) is 5.69 Å². The Labute approximate surface area is 161 Å². The molecule has 3 aromatic rings. The third kappa shape index (κ3) is 3.90. The fraction of sp³-hybridized carbons (Fsp3) is 0.190. The lowest BCUT2D eigenvalue weighted by Gasteiger charge is -2.05. The molecule has 0 atom stereocenters. The minimum Gasteiger partial charge on any atom is -0.326 e. The molecule has 1 heterocycles. The molecule has 2 amide bonds. The third-order valence-electron chi connectivity index (χ3n) is 4.59. The minimum atomic E-state index is -0.223. The number of benzene rings is 2. The third-order valence-corrected chi connectivity index (χ3v) is 5.34. The molecule has 2 N–H and O–H groups in total. The standard InChI is InChI=1S/C21H19N3O2S/c1-13(25)22-18-9-7-15(8-10-18)20(26)24-21-23-19(12-27-21)17-6-5-14-3-2-4-16(14)11-17/h5-12H,2-4H2,1H3,(H,22,25)(H,23,24,26). The first kappa shape index (κ1) is 17.4. The zero-order valence-corrected chi connectivity index (χ0v) is 15.7. The molecule has 136 valence electrons. The molecule has 27 heavy (non-hydrogen) atoms. The zero-order valence-electron chi connectivity index (χ0n) is 14.9. The molecule has 0 saturated carbocycles. The summed E-state index contributed by atoms with van der Waals surface area (Å²) in [7, 11) is 0. The second-order valence-electron chi connectivity index (χ2n) is 6.59. The van der Waals surface area contributed by atoms with Crippen molar-refractivity contribution in [3.05, 3.63) is 64.5 Å². The highest BCUT2D eigenvalue weighted by Gasteiger charge is 2.14. The molecule has 0 aliphatic heterocycles. The molecule has 1 aliphatic rings. The number of nitrogens with zero attached hydrogens (tertiary/aromatic N) is 1. The van der Waals surface area contributed by atoms with Crippen molar-refractivity contribution in [3.8, 4) is 11.3 Å². The lowest BCUT2D eigenvalue weighted by Crippen LogP contribution is -2.12. The Morgan fingerprint density at radius 2 is 1.78 bits per heavy atom. The van der Waals surface area contributed by atoms with Crippen LogP contribution in [0.1, 0.15) is 34.8 Å². The quantitative estimate of drug-likeness (QED) is 0.703. The Kier molecular flexibility index (Phi) is 4.73. The van der Waals surface area contributed by atoms with E-state index in [9.17, 15) is 9.59 Å². The maximum Gasteiger partial charge on any atom is 0.257 e. The number of carbonyl (C=O) groups excluding carboxylic acids is 2. The molecule has 0 unspecified atom stereocenters. The smallest absolute Gasteiger partial charge is 0.257 e. The van der Waals surface area contributed by atoms with E-state index in [1.54, 1.807) is 24.3 Å². The largest absolute Gasteiger partial charge is 0.326 e. The van der Waals surface area contributed by atoms with Gasteiger partial charge < -0.3 is 5.32 Å². The predicted molar refractivity (Wildman–Crippen MR) is 108 cm³/mol. The number of aryl methyl sites for hydroxylation is 2. The monoisotopic (exact) mass is 377 g/mol. The summed E-state index contributed by atoms with van der Waals surface area (Å²) in [5.74, 6) is -0.367. The van der Waals surface area contributed by atoms with Crippen LogP contribution in [0.4, 0.5) is 10.8 Å². The predicted octanol–water partition coefficient (Wildman–Crippen LogP) is 4.51. The highest BCUT2D eigenvalue weighted by Crippen LogP contribution is 2.30. The van der Waals surface area contributed by atoms with Crippen molar-refractivity contribution in [2.75, 3.05) is 10.6 Å². The van der Waals surface area contributed by atoms with Gasteiger partial charge in [-0.15, -0.1) is 11.3 Å². The summed E-state index contributed by atoms with van der Waals surface area (Å²) in [4.78, 5) is 28.0. The second-order valence-corrected chi connectivity index (χ2v) is 7.45. The molecule has 0 spiro atoms. The average molecular weight is 377 g/mol. The molecule has 0 fully saturated rings. The first-order valence-electron chi connectivity index (χ1n) is 8.85. The first-order chi connectivity index (χ1) is 13.1. The number of aromatic nitrogens is 1. The van der Waals surface area contributed by atoms with Gasteiger partial charge in [0, 0.05) is 29.1 Å². The maximum atomic E-state index is 12.4. The van der Waals surface area contributed by atoms with Crippen molar-refractivity contribution < 1.29 is 9.59 Å². The van der Waals surface area contributed by atoms with Gasteiger partial charge in [-0.05, 0) is 60.7 Å². The van der Waals surface area contributed by atoms with E-state index in [-0.39, 0.29) is 11.8 Å². The maximum absolute atomic E-state index is 12.4. The number of hydrogen-bond donors (Lipinski definition) is 2. The summed E-state index contributed by atoms with van der Waals surface area (Å²) in [5.41, 5.74) is 5.99. The summed E-state index contributed by atoms with van der Waals surface area (Å²) in [6.07, 6.45) is 3.51. The molecule has 6 heteroatoms. The Morgan fingerprint density at radius 3 is 2.56 bits per heavy atom. The van der Waals surface area contributed by atoms with Gasteiger partial charge in [-0.3, -0.25) is 14.9 Å². The number of amides is 2. The van der Waals surface area contributed by atoms with E-state index in [4.69, 9.17) is 0 Å². The Balaban J connectivity index is 1.46. The highest BCUT2D eigenvalue weighted by molar-refractivity contribution is 7.14. The van der Waals surface area contributed by atoms with Gasteiger partial charge in [-0.2, -0.15) is 0 Å². The highest BCUT2D eigenvalue weighted by atomic mass is 32.1. The summed E-state index contributed by atoms with van der Waals surface area (Å²) >= 11 is 1.41. The van der Waals surface area contributed by atoms with Crippen molar-refractivity contribution in [1.29, 1.82) is 0 Å². The van der Waals surface area contributed by atoms with Crippen molar-refractivity contribution in [2.45, 2.75) is 26.2 Å². The molecule has 0 bridgehead atoms. The van der Waals surface area contributed by atoms with Crippen LogP contribution < -0.4 is 10.6 Å². The number of anilines is 2. The molecule has 1 aliphatic carbocycles. The lowest BCUT2D eigenvalue weighted by atomic mass is 10.1. The van der Waals surface area contributed by atoms with Crippen LogP contribution in [0, 0.1) is 0 Å². The number of carbonyl (C=O) groups is 2. The van der Waals surface area contributed by atoms with E-state index < -0.39 is 0 Å². The average Bonchev–Trinajstić information content (AvgIpc) is 3.30. The van der Waals surface area contributed by atoms with Crippen LogP contribution in [0.15, 0.2) is 47.8 Å². The number of fused-ring (bicyclic) bond motifs is 1. The summed E-state index contributed by atoms with van der Waals surface area (Å²) in [6, 6.07) is 13.3. The van der Waals surface area contributed by atoms with Crippen molar-refractivity contribution >= 4 is 34.0 Å². The van der Waals surface area contributed by atoms with Gasteiger partial charge in [-0.25, -0.2) is 4.98 Å². The Morgan fingerprint density at radius 1 is 1.00 bits per heavy atom. The van der Waals surface area contributed by atoms with Crippen molar-refractivity contribution in [3.63, 3.8) is 0 Å². The molecule has 0 radical (unpaired) electrons. The summed E-state index contributed by atoms with van der Waals surface area (Å²) < 4.78 is 0. The molecule has 4 rings (SSSR count). The van der Waals surface area contributed by atoms with Crippen molar-refractivity contribution in [2.24, 2.45) is 0 Å². The topological polar surface area (TPSA) is 71.1 Å². The lowest BCUT2D eigenvalue weighted by molar-refractivity contribution is -0.114. The molecular weight excluding hydrogens is 358 g/mol. The summed E-state index contributed by atoms with van der Waals surface area (Å²) in [6.45, 7) is 1.45. The van der Waals surface area contributed by atoms with Crippen molar-refractivity contribution in [1.82, 2.24) is 4.98 Å². The van der Waals surface area contributed by atoms with Gasteiger partial charge >= 0.3 is 0 Å². The zero-order chi connectivity index (χ0) is 18.8. The van der Waals surface area contributed by atoms with E-state index in [2.05, 4.69) is 33.8 Å². The molecule has 1 aromatic heterocycles. The van der Waals surface area contributed by atoms with E-state index >= 15 is 0 Å². The normalized spacial score (nSPS) is 12.5. The molecular formula is C21H19N3O2S. The van der Waals surface area contributed by atoms with Crippen LogP contribution in [-0.2, 0) is 17.6 Å². The fourth-order valence-electron chi connectivity index (χ4n) is 3.27. The number of hydrogen-bond acceptors (Lipinski definition) is 4. The summed E-state index contributed by atoms with van der Waals surface area (Å²) in [5, 5.41) is 8.06. The van der Waals surface area contributed by atoms with E-state index in [0.717, 1.165) is 24.1 Å². The SMILES string of the molecule is CC(=O)Nc1ccc(C(=O)Nc2nc(-c3ccc4c(c3)CCC4)cs2)cc1. The van der Waals surface area contributed by atoms with Crippen LogP contribution in [0.5, 0.6) is 0 Å². The number of nitrogens with one attached hydrogen (secondary N) is 2. The van der Waals surface area contributed by atoms with E-state index in [1.807, 2.05) is 5.38 Å².